The van der Waals surface area contributed by atoms with Gasteiger partial charge < -0.3 is 20.2 Å². The Balaban J connectivity index is 0.00000380. The number of halogens is 2. The molecule has 37 heavy (non-hydrogen) atoms. The van der Waals surface area contributed by atoms with Gasteiger partial charge in [0.1, 0.15) is 0 Å². The van der Waals surface area contributed by atoms with E-state index < -0.39 is 5.60 Å². The molecule has 2 N–H and O–H groups in total. The molecule has 0 unspecified atom stereocenters. The summed E-state index contributed by atoms with van der Waals surface area (Å²) < 4.78 is 0. The number of piperidine rings is 1. The van der Waals surface area contributed by atoms with Crippen LogP contribution in [-0.4, -0.2) is 84.0 Å². The molecule has 2 aromatic rings. The Morgan fingerprint density at radius 1 is 1.08 bits per heavy atom. The molecule has 202 valence electrons. The van der Waals surface area contributed by atoms with Crippen LogP contribution in [0, 0.1) is 6.92 Å². The summed E-state index contributed by atoms with van der Waals surface area (Å²) in [5, 5.41) is 15.5. The second-order valence-electron chi connectivity index (χ2n) is 10.3. The molecule has 4 rings (SSSR count). The zero-order valence-electron chi connectivity index (χ0n) is 21.7. The highest BCUT2D eigenvalue weighted by Crippen LogP contribution is 2.30. The molecule has 2 heterocycles. The van der Waals surface area contributed by atoms with Crippen LogP contribution in [0.25, 0.3) is 0 Å². The fourth-order valence-corrected chi connectivity index (χ4v) is 5.59. The van der Waals surface area contributed by atoms with E-state index in [1.165, 1.54) is 4.90 Å². The van der Waals surface area contributed by atoms with Crippen molar-refractivity contribution in [1.29, 1.82) is 0 Å². The molecular weight excluding hydrogens is 531 g/mol. The van der Waals surface area contributed by atoms with Gasteiger partial charge in [-0.3, -0.25) is 14.5 Å². The Hall–Kier alpha value is -1.97. The van der Waals surface area contributed by atoms with Crippen molar-refractivity contribution in [2.45, 2.75) is 44.4 Å². The molecule has 0 bridgehead atoms. The van der Waals surface area contributed by atoms with Crippen molar-refractivity contribution in [3.63, 3.8) is 0 Å². The standard InChI is InChI=1S/C27H34Cl2N4O3.H2S/c1-17-11-18(13-19(28)12-17)27(2,36)26(35)32-9-7-22(8-10-32)33-15-21(16-33)30-20-5-6-23(24(29)14-20)25(34)31(3)4;/h5-6,11-14,21-22,30,36H,7-10,15-16H2,1-4H3;1H2/t27-;/m1./s1. The van der Waals surface area contributed by atoms with Gasteiger partial charge in [-0.1, -0.05) is 29.3 Å². The van der Waals surface area contributed by atoms with Crippen molar-refractivity contribution in [3.05, 3.63) is 63.1 Å². The smallest absolute Gasteiger partial charge is 0.258 e. The maximum absolute atomic E-state index is 13.2. The topological polar surface area (TPSA) is 76.1 Å². The molecule has 0 radical (unpaired) electrons. The van der Waals surface area contributed by atoms with Crippen LogP contribution in [0.3, 0.4) is 0 Å². The van der Waals surface area contributed by atoms with Gasteiger partial charge in [0.25, 0.3) is 11.8 Å². The van der Waals surface area contributed by atoms with Gasteiger partial charge in [-0.2, -0.15) is 13.5 Å². The summed E-state index contributed by atoms with van der Waals surface area (Å²) in [6, 6.07) is 11.5. The number of benzene rings is 2. The third-order valence-electron chi connectivity index (χ3n) is 7.18. The van der Waals surface area contributed by atoms with E-state index in [2.05, 4.69) is 10.2 Å². The largest absolute Gasteiger partial charge is 0.380 e. The summed E-state index contributed by atoms with van der Waals surface area (Å²) in [5.41, 5.74) is 1.22. The minimum Gasteiger partial charge on any atom is -0.380 e. The third kappa shape index (κ3) is 6.55. The molecule has 2 aliphatic rings. The number of carbonyl (C=O) groups is 2. The number of rotatable bonds is 6. The van der Waals surface area contributed by atoms with Gasteiger partial charge in [0.2, 0.25) is 0 Å². The van der Waals surface area contributed by atoms with Gasteiger partial charge >= 0.3 is 0 Å². The molecule has 0 spiro atoms. The highest BCUT2D eigenvalue weighted by Gasteiger charge is 2.40. The number of nitrogens with zero attached hydrogens (tertiary/aromatic N) is 3. The quantitative estimate of drug-likeness (QED) is 0.550. The number of anilines is 1. The van der Waals surface area contributed by atoms with E-state index in [0.717, 1.165) is 37.2 Å². The van der Waals surface area contributed by atoms with E-state index in [-0.39, 0.29) is 25.3 Å². The summed E-state index contributed by atoms with van der Waals surface area (Å²) in [5.74, 6) is -0.394. The van der Waals surface area contributed by atoms with Crippen LogP contribution in [0.4, 0.5) is 5.69 Å². The van der Waals surface area contributed by atoms with Crippen molar-refractivity contribution in [1.82, 2.24) is 14.7 Å². The van der Waals surface area contributed by atoms with Crippen molar-refractivity contribution in [3.8, 4) is 0 Å². The average Bonchev–Trinajstić information content (AvgIpc) is 2.79. The first-order chi connectivity index (χ1) is 17.0. The first kappa shape index (κ1) is 29.6. The number of aliphatic hydroxyl groups is 1. The second kappa shape index (κ2) is 11.8. The zero-order valence-corrected chi connectivity index (χ0v) is 24.2. The van der Waals surface area contributed by atoms with E-state index >= 15 is 0 Å². The maximum atomic E-state index is 13.2. The van der Waals surface area contributed by atoms with E-state index in [1.807, 2.05) is 25.1 Å². The summed E-state index contributed by atoms with van der Waals surface area (Å²) in [6.45, 7) is 6.50. The highest BCUT2D eigenvalue weighted by atomic mass is 35.5. The minimum atomic E-state index is -1.61. The lowest BCUT2D eigenvalue weighted by molar-refractivity contribution is -0.152. The highest BCUT2D eigenvalue weighted by molar-refractivity contribution is 7.59. The number of amides is 2. The molecule has 2 fully saturated rings. The van der Waals surface area contributed by atoms with Crippen LogP contribution < -0.4 is 5.32 Å². The predicted octanol–water partition coefficient (Wildman–Crippen LogP) is 4.11. The molecule has 1 atom stereocenters. The fourth-order valence-electron chi connectivity index (χ4n) is 5.04. The number of hydrogen-bond acceptors (Lipinski definition) is 5. The number of likely N-dealkylation sites (tertiary alicyclic amines) is 2. The van der Waals surface area contributed by atoms with Crippen LogP contribution in [0.5, 0.6) is 0 Å². The Bertz CT molecular complexity index is 1130. The number of carbonyl (C=O) groups excluding carboxylic acids is 2. The molecule has 10 heteroatoms. The lowest BCUT2D eigenvalue weighted by atomic mass is 9.91. The summed E-state index contributed by atoms with van der Waals surface area (Å²) in [4.78, 5) is 31.0. The van der Waals surface area contributed by atoms with E-state index in [4.69, 9.17) is 23.2 Å². The second-order valence-corrected chi connectivity index (χ2v) is 11.1. The van der Waals surface area contributed by atoms with Gasteiger partial charge in [-0.05, 0) is 68.1 Å². The lowest BCUT2D eigenvalue weighted by Gasteiger charge is -2.48. The molecular formula is C27H36Cl2N4O3S. The van der Waals surface area contributed by atoms with Crippen LogP contribution in [0.1, 0.15) is 41.3 Å². The minimum absolute atomic E-state index is 0. The van der Waals surface area contributed by atoms with Gasteiger partial charge in [0.05, 0.1) is 16.6 Å². The van der Waals surface area contributed by atoms with Crippen LogP contribution in [0.2, 0.25) is 10.0 Å². The van der Waals surface area contributed by atoms with E-state index in [1.54, 1.807) is 44.1 Å². The van der Waals surface area contributed by atoms with Gasteiger partial charge in [-0.25, -0.2) is 0 Å². The molecule has 0 aliphatic carbocycles. The number of nitrogens with one attached hydrogen (secondary N) is 1. The Kier molecular flexibility index (Phi) is 9.46. The Morgan fingerprint density at radius 3 is 2.30 bits per heavy atom. The zero-order chi connectivity index (χ0) is 26.2. The summed E-state index contributed by atoms with van der Waals surface area (Å²) in [7, 11) is 3.41. The number of hydrogen-bond donors (Lipinski definition) is 2. The SMILES string of the molecule is Cc1cc(Cl)cc([C@@](C)(O)C(=O)N2CCC(N3CC(Nc4ccc(C(=O)N(C)C)c(Cl)c4)C3)CC2)c1.S. The predicted molar refractivity (Wildman–Crippen MR) is 154 cm³/mol. The van der Waals surface area contributed by atoms with Crippen molar-refractivity contribution in [2.24, 2.45) is 0 Å². The third-order valence-corrected chi connectivity index (χ3v) is 7.71. The van der Waals surface area contributed by atoms with Gasteiger partial charge in [-0.15, -0.1) is 0 Å². The normalized spacial score (nSPS) is 18.4. The average molecular weight is 568 g/mol. The van der Waals surface area contributed by atoms with Crippen LogP contribution >= 0.6 is 36.7 Å². The van der Waals surface area contributed by atoms with E-state index in [9.17, 15) is 14.7 Å². The monoisotopic (exact) mass is 566 g/mol. The fraction of sp³-hybridized carbons (Fsp3) is 0.481. The lowest BCUT2D eigenvalue weighted by Crippen LogP contribution is -2.61. The first-order valence-corrected chi connectivity index (χ1v) is 13.0. The number of aryl methyl sites for hydroxylation is 1. The molecule has 2 aromatic carbocycles. The molecule has 0 aromatic heterocycles. The first-order valence-electron chi connectivity index (χ1n) is 12.3. The van der Waals surface area contributed by atoms with Crippen molar-refractivity contribution in [2.75, 3.05) is 45.6 Å². The Morgan fingerprint density at radius 2 is 1.73 bits per heavy atom. The van der Waals surface area contributed by atoms with Gasteiger partial charge in [0.15, 0.2) is 5.60 Å². The molecule has 2 amide bonds. The molecule has 7 nitrogen and oxygen atoms in total. The van der Waals surface area contributed by atoms with Crippen LogP contribution in [-0.2, 0) is 10.4 Å². The van der Waals surface area contributed by atoms with E-state index in [0.29, 0.717) is 46.3 Å². The summed E-state index contributed by atoms with van der Waals surface area (Å²) >= 11 is 12.5. The van der Waals surface area contributed by atoms with Crippen LogP contribution in [0.15, 0.2) is 36.4 Å². The van der Waals surface area contributed by atoms with Crippen molar-refractivity contribution < 1.29 is 14.7 Å². The Labute approximate surface area is 236 Å². The van der Waals surface area contributed by atoms with Crippen molar-refractivity contribution >= 4 is 54.2 Å². The molecule has 2 saturated heterocycles. The molecule has 0 saturated carbocycles. The maximum Gasteiger partial charge on any atom is 0.258 e. The summed E-state index contributed by atoms with van der Waals surface area (Å²) in [6.07, 6.45) is 1.74. The van der Waals surface area contributed by atoms with Gasteiger partial charge in [0, 0.05) is 57.0 Å². The molecule has 2 aliphatic heterocycles.